The van der Waals surface area contributed by atoms with Crippen LogP contribution in [0.15, 0.2) is 42.5 Å². The number of ether oxygens (including phenoxy) is 2. The zero-order valence-electron chi connectivity index (χ0n) is 15.1. The van der Waals surface area contributed by atoms with Gasteiger partial charge in [-0.05, 0) is 55.0 Å². The molecule has 1 N–H and O–H groups in total. The number of nitrogens with zero attached hydrogens (tertiary/aromatic N) is 2. The predicted molar refractivity (Wildman–Crippen MR) is 93.9 cm³/mol. The molecule has 0 unspecified atom stereocenters. The lowest BCUT2D eigenvalue weighted by molar-refractivity contribution is -0.274. The van der Waals surface area contributed by atoms with Gasteiger partial charge in [0.2, 0.25) is 0 Å². The molecule has 0 spiro atoms. The van der Waals surface area contributed by atoms with Gasteiger partial charge in [-0.15, -0.1) is 13.2 Å². The Hall–Kier alpha value is -3.72. The third-order valence-electron chi connectivity index (χ3n) is 4.46. The minimum Gasteiger partial charge on any atom is -0.486 e. The number of amides is 1. The van der Waals surface area contributed by atoms with Crippen LogP contribution in [0.4, 0.5) is 13.2 Å². The van der Waals surface area contributed by atoms with Gasteiger partial charge in [-0.3, -0.25) is 4.79 Å². The number of fused-ring (bicyclic) bond motifs is 1. The minimum atomic E-state index is -4.83. The van der Waals surface area contributed by atoms with E-state index in [1.54, 1.807) is 18.2 Å². The third-order valence-corrected chi connectivity index (χ3v) is 4.46. The van der Waals surface area contributed by atoms with Crippen molar-refractivity contribution in [3.8, 4) is 23.6 Å². The van der Waals surface area contributed by atoms with Crippen molar-refractivity contribution in [3.63, 3.8) is 0 Å². The number of nitriles is 2. The third kappa shape index (κ3) is 4.41. The van der Waals surface area contributed by atoms with Crippen molar-refractivity contribution in [1.29, 1.82) is 10.5 Å². The lowest BCUT2D eigenvalue weighted by Gasteiger charge is -2.29. The van der Waals surface area contributed by atoms with Crippen LogP contribution < -0.4 is 14.8 Å². The van der Waals surface area contributed by atoms with Crippen LogP contribution in [0.25, 0.3) is 0 Å². The second-order valence-corrected chi connectivity index (χ2v) is 6.59. The summed E-state index contributed by atoms with van der Waals surface area (Å²) in [6.45, 7) is 1.49. The molecule has 0 fully saturated rings. The van der Waals surface area contributed by atoms with E-state index in [-0.39, 0.29) is 5.56 Å². The molecule has 0 aliphatic carbocycles. The molecule has 1 aliphatic rings. The van der Waals surface area contributed by atoms with Gasteiger partial charge in [0, 0.05) is 12.0 Å². The van der Waals surface area contributed by atoms with Crippen LogP contribution >= 0.6 is 0 Å². The van der Waals surface area contributed by atoms with Crippen LogP contribution in [0.2, 0.25) is 0 Å². The van der Waals surface area contributed by atoms with Crippen molar-refractivity contribution >= 4 is 5.91 Å². The average molecular weight is 401 g/mol. The Bertz CT molecular complexity index is 1020. The average Bonchev–Trinajstić information content (AvgIpc) is 3.11. The number of hydrogen-bond acceptors (Lipinski definition) is 5. The maximum Gasteiger partial charge on any atom is 0.573 e. The largest absolute Gasteiger partial charge is 0.573 e. The SMILES string of the molecule is C[C@](C#N)(NC(=O)c1ccc(OC(F)(F)F)cc1)[C@H]1Cc2cc(C#N)ccc2O1. The number of hydrogen-bond donors (Lipinski definition) is 1. The van der Waals surface area contributed by atoms with E-state index < -0.39 is 29.7 Å². The summed E-state index contributed by atoms with van der Waals surface area (Å²) >= 11 is 0. The summed E-state index contributed by atoms with van der Waals surface area (Å²) < 4.78 is 46.2. The Morgan fingerprint density at radius 2 is 1.90 bits per heavy atom. The molecule has 2 aromatic carbocycles. The summed E-state index contributed by atoms with van der Waals surface area (Å²) in [5.41, 5.74) is -0.150. The molecular weight excluding hydrogens is 387 g/mol. The number of carbonyl (C=O) groups excluding carboxylic acids is 1. The molecule has 148 valence electrons. The summed E-state index contributed by atoms with van der Waals surface area (Å²) in [6.07, 6.45) is -5.22. The molecule has 0 radical (unpaired) electrons. The molecule has 3 rings (SSSR count). The summed E-state index contributed by atoms with van der Waals surface area (Å²) in [4.78, 5) is 12.5. The molecule has 1 amide bonds. The zero-order valence-corrected chi connectivity index (χ0v) is 15.1. The van der Waals surface area contributed by atoms with Crippen LogP contribution in [0.5, 0.6) is 11.5 Å². The summed E-state index contributed by atoms with van der Waals surface area (Å²) in [6, 6.07) is 13.3. The molecule has 0 aromatic heterocycles. The molecule has 0 bridgehead atoms. The van der Waals surface area contributed by atoms with Gasteiger partial charge in [0.05, 0.1) is 17.7 Å². The molecule has 9 heteroatoms. The Balaban J connectivity index is 1.73. The second kappa shape index (κ2) is 7.36. The number of benzene rings is 2. The smallest absolute Gasteiger partial charge is 0.486 e. The lowest BCUT2D eigenvalue weighted by atomic mass is 9.92. The Labute approximate surface area is 164 Å². The van der Waals surface area contributed by atoms with Crippen LogP contribution in [0.1, 0.15) is 28.4 Å². The van der Waals surface area contributed by atoms with E-state index in [4.69, 9.17) is 10.00 Å². The highest BCUT2D eigenvalue weighted by Gasteiger charge is 2.42. The lowest BCUT2D eigenvalue weighted by Crippen LogP contribution is -2.55. The minimum absolute atomic E-state index is 0.0586. The maximum atomic E-state index is 12.5. The van der Waals surface area contributed by atoms with Gasteiger partial charge in [-0.1, -0.05) is 0 Å². The molecule has 6 nitrogen and oxygen atoms in total. The van der Waals surface area contributed by atoms with E-state index in [9.17, 15) is 23.2 Å². The number of nitrogens with one attached hydrogen (secondary N) is 1. The first-order chi connectivity index (χ1) is 13.6. The van der Waals surface area contributed by atoms with Gasteiger partial charge in [-0.2, -0.15) is 10.5 Å². The van der Waals surface area contributed by atoms with Gasteiger partial charge in [-0.25, -0.2) is 0 Å². The van der Waals surface area contributed by atoms with Crippen molar-refractivity contribution in [2.75, 3.05) is 0 Å². The predicted octanol–water partition coefficient (Wildman–Crippen LogP) is 3.47. The van der Waals surface area contributed by atoms with E-state index in [1.807, 2.05) is 12.1 Å². The molecular formula is C20H14F3N3O3. The highest BCUT2D eigenvalue weighted by atomic mass is 19.4. The normalized spacial score (nSPS) is 17.1. The van der Waals surface area contributed by atoms with E-state index in [1.165, 1.54) is 6.92 Å². The highest BCUT2D eigenvalue weighted by molar-refractivity contribution is 5.95. The van der Waals surface area contributed by atoms with Crippen LogP contribution in [-0.4, -0.2) is 23.9 Å². The standard InChI is InChI=1S/C20H14F3N3O3/c1-19(11-25,17-9-14-8-12(10-24)2-7-16(14)28-17)26-18(27)13-3-5-15(6-4-13)29-20(21,22)23/h2-8,17H,9H2,1H3,(H,26,27)/t17-,19-/m1/s1. The number of alkyl halides is 3. The fourth-order valence-electron chi connectivity index (χ4n) is 2.94. The van der Waals surface area contributed by atoms with Gasteiger partial charge in [0.15, 0.2) is 5.54 Å². The number of rotatable bonds is 4. The Morgan fingerprint density at radius 1 is 1.21 bits per heavy atom. The molecule has 0 saturated carbocycles. The molecule has 1 heterocycles. The van der Waals surface area contributed by atoms with E-state index in [0.717, 1.165) is 29.8 Å². The molecule has 1 aliphatic heterocycles. The number of carbonyl (C=O) groups is 1. The summed E-state index contributed by atoms with van der Waals surface area (Å²) in [5, 5.41) is 21.2. The zero-order chi connectivity index (χ0) is 21.2. The summed E-state index contributed by atoms with van der Waals surface area (Å²) in [7, 11) is 0. The van der Waals surface area contributed by atoms with Crippen LogP contribution in [0, 0.1) is 22.7 Å². The van der Waals surface area contributed by atoms with Crippen molar-refractivity contribution in [1.82, 2.24) is 5.32 Å². The van der Waals surface area contributed by atoms with E-state index in [2.05, 4.69) is 10.1 Å². The van der Waals surface area contributed by atoms with Crippen molar-refractivity contribution < 1.29 is 27.4 Å². The van der Waals surface area contributed by atoms with Crippen molar-refractivity contribution in [2.24, 2.45) is 0 Å². The number of halogens is 3. The molecule has 2 atom stereocenters. The Morgan fingerprint density at radius 3 is 2.48 bits per heavy atom. The fourth-order valence-corrected chi connectivity index (χ4v) is 2.94. The van der Waals surface area contributed by atoms with E-state index in [0.29, 0.717) is 17.7 Å². The second-order valence-electron chi connectivity index (χ2n) is 6.59. The van der Waals surface area contributed by atoms with Gasteiger partial charge in [0.1, 0.15) is 17.6 Å². The first-order valence-electron chi connectivity index (χ1n) is 8.43. The quantitative estimate of drug-likeness (QED) is 0.847. The van der Waals surface area contributed by atoms with Gasteiger partial charge >= 0.3 is 6.36 Å². The molecule has 2 aromatic rings. The van der Waals surface area contributed by atoms with Crippen LogP contribution in [0.3, 0.4) is 0 Å². The van der Waals surface area contributed by atoms with Crippen LogP contribution in [-0.2, 0) is 6.42 Å². The monoisotopic (exact) mass is 401 g/mol. The maximum absolute atomic E-state index is 12.5. The van der Waals surface area contributed by atoms with Crippen molar-refractivity contribution in [3.05, 3.63) is 59.2 Å². The first kappa shape index (κ1) is 20.0. The van der Waals surface area contributed by atoms with Crippen molar-refractivity contribution in [2.45, 2.75) is 31.3 Å². The topological polar surface area (TPSA) is 95.1 Å². The Kier molecular flexibility index (Phi) is 5.08. The molecule has 29 heavy (non-hydrogen) atoms. The summed E-state index contributed by atoms with van der Waals surface area (Å²) in [5.74, 6) is -0.580. The fraction of sp³-hybridized carbons (Fsp3) is 0.250. The van der Waals surface area contributed by atoms with E-state index >= 15 is 0 Å². The first-order valence-corrected chi connectivity index (χ1v) is 8.43. The highest BCUT2D eigenvalue weighted by Crippen LogP contribution is 2.34. The van der Waals surface area contributed by atoms with Gasteiger partial charge in [0.25, 0.3) is 5.91 Å². The molecule has 0 saturated heterocycles. The van der Waals surface area contributed by atoms with Gasteiger partial charge < -0.3 is 14.8 Å².